The van der Waals surface area contributed by atoms with Crippen LogP contribution in [0, 0.1) is 0 Å². The smallest absolute Gasteiger partial charge is 0.259 e. The summed E-state index contributed by atoms with van der Waals surface area (Å²) in [5.41, 5.74) is 12.7. The van der Waals surface area contributed by atoms with Crippen molar-refractivity contribution in [3.05, 3.63) is 163 Å². The first kappa shape index (κ1) is 26.4. The molecule has 0 unspecified atom stereocenters. The fraction of sp³-hybridized carbons (Fsp3) is 0.0732. The minimum atomic E-state index is -0.117. The third-order valence-electron chi connectivity index (χ3n) is 9.66. The lowest BCUT2D eigenvalue weighted by Crippen LogP contribution is -2.63. The van der Waals surface area contributed by atoms with Crippen LogP contribution in [0.1, 0.15) is 25.0 Å². The van der Waals surface area contributed by atoms with Crippen molar-refractivity contribution in [2.75, 3.05) is 9.80 Å². The van der Waals surface area contributed by atoms with Crippen LogP contribution in [0.15, 0.2) is 152 Å². The highest BCUT2D eigenvalue weighted by molar-refractivity contribution is 7.32. The summed E-state index contributed by atoms with van der Waals surface area (Å²) in [7, 11) is 0. The van der Waals surface area contributed by atoms with Gasteiger partial charge in [-0.05, 0) is 92.9 Å². The molecule has 6 aromatic carbocycles. The number of nitrogens with zero attached hydrogens (tertiary/aromatic N) is 2. The second kappa shape index (κ2) is 9.98. The summed E-state index contributed by atoms with van der Waals surface area (Å²) in [5, 5.41) is 1.40. The maximum atomic E-state index is 2.50. The number of para-hydroxylation sites is 3. The first-order chi connectivity index (χ1) is 22.1. The molecule has 0 saturated heterocycles. The van der Waals surface area contributed by atoms with Crippen LogP contribution in [0.2, 0.25) is 0 Å². The molecule has 2 aliphatic rings. The zero-order chi connectivity index (χ0) is 30.1. The summed E-state index contributed by atoms with van der Waals surface area (Å²) < 4.78 is 2.86. The van der Waals surface area contributed by atoms with Gasteiger partial charge >= 0.3 is 0 Å². The lowest BCUT2D eigenvalue weighted by atomic mass is 9.32. The van der Waals surface area contributed by atoms with Crippen molar-refractivity contribution in [3.63, 3.8) is 0 Å². The van der Waals surface area contributed by atoms with Crippen LogP contribution in [-0.4, -0.2) is 6.71 Å². The summed E-state index contributed by atoms with van der Waals surface area (Å²) in [4.78, 5) is 4.84. The first-order valence-electron chi connectivity index (χ1n) is 15.7. The topological polar surface area (TPSA) is 6.48 Å². The molecule has 0 N–H and O–H groups in total. The molecule has 0 aliphatic carbocycles. The lowest BCUT2D eigenvalue weighted by molar-refractivity contribution is 0.654. The van der Waals surface area contributed by atoms with Gasteiger partial charge in [0.25, 0.3) is 6.71 Å². The van der Waals surface area contributed by atoms with Crippen LogP contribution < -0.4 is 25.5 Å². The number of hydrogen-bond donors (Lipinski definition) is 0. The summed E-state index contributed by atoms with van der Waals surface area (Å²) in [6.07, 6.45) is 0. The lowest BCUT2D eigenvalue weighted by Gasteiger charge is -2.44. The fourth-order valence-corrected chi connectivity index (χ4v) is 9.28. The van der Waals surface area contributed by atoms with Crippen LogP contribution in [-0.2, 0) is 5.41 Å². The van der Waals surface area contributed by atoms with Gasteiger partial charge in [0.1, 0.15) is 0 Å². The Morgan fingerprint density at radius 2 is 1.22 bits per heavy atom. The van der Waals surface area contributed by atoms with E-state index in [1.165, 1.54) is 48.3 Å². The highest BCUT2D eigenvalue weighted by Gasteiger charge is 2.47. The number of anilines is 6. The van der Waals surface area contributed by atoms with E-state index in [0.717, 1.165) is 22.7 Å². The molecular formula is C41H31BN2S. The van der Waals surface area contributed by atoms with Crippen molar-refractivity contribution in [2.24, 2.45) is 0 Å². The Labute approximate surface area is 268 Å². The summed E-state index contributed by atoms with van der Waals surface area (Å²) in [6.45, 7) is 5.04. The van der Waals surface area contributed by atoms with Crippen molar-refractivity contribution in [2.45, 2.75) is 19.3 Å². The van der Waals surface area contributed by atoms with Crippen LogP contribution in [0.4, 0.5) is 34.1 Å². The van der Waals surface area contributed by atoms with E-state index in [1.807, 2.05) is 11.3 Å². The van der Waals surface area contributed by atoms with E-state index < -0.39 is 0 Å². The van der Waals surface area contributed by atoms with Gasteiger partial charge in [-0.15, -0.1) is 11.3 Å². The Bertz CT molecular complexity index is 2180. The molecule has 0 amide bonds. The molecule has 0 atom stereocenters. The average Bonchev–Trinajstić information content (AvgIpc) is 3.48. The zero-order valence-electron chi connectivity index (χ0n) is 25.3. The summed E-state index contributed by atoms with van der Waals surface area (Å²) >= 11 is 1.98. The highest BCUT2D eigenvalue weighted by Crippen LogP contribution is 2.46. The molecule has 9 rings (SSSR count). The van der Waals surface area contributed by atoms with Crippen LogP contribution in [0.25, 0.3) is 10.1 Å². The molecule has 214 valence electrons. The average molecular weight is 595 g/mol. The molecule has 7 aromatic rings. The van der Waals surface area contributed by atoms with Gasteiger partial charge in [-0.25, -0.2) is 0 Å². The Morgan fingerprint density at radius 3 is 2.00 bits per heavy atom. The summed E-state index contributed by atoms with van der Waals surface area (Å²) in [5.74, 6) is 0. The third-order valence-corrected chi connectivity index (χ3v) is 10.9. The largest absolute Gasteiger partial charge is 0.311 e. The van der Waals surface area contributed by atoms with Crippen molar-refractivity contribution >= 4 is 78.0 Å². The van der Waals surface area contributed by atoms with Crippen LogP contribution in [0.3, 0.4) is 0 Å². The maximum Gasteiger partial charge on any atom is 0.259 e. The monoisotopic (exact) mass is 594 g/mol. The number of rotatable bonds is 4. The van der Waals surface area contributed by atoms with E-state index in [0.29, 0.717) is 0 Å². The molecule has 0 fully saturated rings. The second-order valence-electron chi connectivity index (χ2n) is 12.6. The molecule has 3 heterocycles. The molecular weight excluding hydrogens is 563 g/mol. The Balaban J connectivity index is 1.27. The van der Waals surface area contributed by atoms with E-state index in [2.05, 4.69) is 175 Å². The molecule has 0 saturated carbocycles. The van der Waals surface area contributed by atoms with Gasteiger partial charge in [-0.2, -0.15) is 0 Å². The molecule has 0 bridgehead atoms. The molecule has 2 aliphatic heterocycles. The molecule has 0 radical (unpaired) electrons. The van der Waals surface area contributed by atoms with E-state index in [4.69, 9.17) is 0 Å². The van der Waals surface area contributed by atoms with Crippen molar-refractivity contribution in [1.82, 2.24) is 0 Å². The van der Waals surface area contributed by atoms with Crippen molar-refractivity contribution in [3.8, 4) is 0 Å². The van der Waals surface area contributed by atoms with Gasteiger partial charge < -0.3 is 9.80 Å². The van der Waals surface area contributed by atoms with E-state index >= 15 is 0 Å². The zero-order valence-corrected chi connectivity index (χ0v) is 26.1. The minimum Gasteiger partial charge on any atom is -0.311 e. The number of thiophene rings is 1. The van der Waals surface area contributed by atoms with Crippen molar-refractivity contribution < 1.29 is 0 Å². The van der Waals surface area contributed by atoms with E-state index in [9.17, 15) is 0 Å². The van der Waals surface area contributed by atoms with E-state index in [1.54, 1.807) is 0 Å². The quantitative estimate of drug-likeness (QED) is 0.187. The van der Waals surface area contributed by atoms with Gasteiger partial charge in [0.15, 0.2) is 0 Å². The predicted molar refractivity (Wildman–Crippen MR) is 194 cm³/mol. The van der Waals surface area contributed by atoms with Gasteiger partial charge in [0, 0.05) is 44.2 Å². The molecule has 0 spiro atoms. The Morgan fingerprint density at radius 1 is 0.600 bits per heavy atom. The molecule has 1 aromatic heterocycles. The van der Waals surface area contributed by atoms with Crippen LogP contribution in [0.5, 0.6) is 0 Å². The SMILES string of the molecule is CC1(C)c2cccc3c2B(c2ccccc2N3c2cccc(N(c3ccccc3)c3ccccc3)c2)c2sc3ccccc3c21. The normalized spacial score (nSPS) is 14.1. The van der Waals surface area contributed by atoms with Crippen molar-refractivity contribution in [1.29, 1.82) is 0 Å². The standard InChI is InChI=1S/C41H31BN2S/c1-41(2)33-22-14-25-36-39(33)42(40-38(41)32-21-9-12-26-37(32)45-40)34-23-10-11-24-35(34)44(36)31-20-13-19-30(27-31)43(28-15-5-3-6-16-28)29-17-7-4-8-18-29/h3-27H,1-2H3. The first-order valence-corrected chi connectivity index (χ1v) is 16.5. The number of fused-ring (bicyclic) bond motifs is 6. The van der Waals surface area contributed by atoms with Gasteiger partial charge in [0.05, 0.1) is 0 Å². The summed E-state index contributed by atoms with van der Waals surface area (Å²) in [6, 6.07) is 55.3. The Hall–Kier alpha value is -5.06. The molecule has 45 heavy (non-hydrogen) atoms. The van der Waals surface area contributed by atoms with E-state index in [-0.39, 0.29) is 12.1 Å². The fourth-order valence-electron chi connectivity index (χ4n) is 7.79. The van der Waals surface area contributed by atoms with Gasteiger partial charge in [0.2, 0.25) is 0 Å². The molecule has 2 nitrogen and oxygen atoms in total. The molecule has 4 heteroatoms. The number of hydrogen-bond acceptors (Lipinski definition) is 3. The third kappa shape index (κ3) is 3.89. The van der Waals surface area contributed by atoms with Crippen LogP contribution >= 0.6 is 11.3 Å². The van der Waals surface area contributed by atoms with Gasteiger partial charge in [-0.1, -0.05) is 105 Å². The maximum absolute atomic E-state index is 2.50. The second-order valence-corrected chi connectivity index (χ2v) is 13.6. The minimum absolute atomic E-state index is 0.117. The van der Waals surface area contributed by atoms with Gasteiger partial charge in [-0.3, -0.25) is 0 Å². The predicted octanol–water partition coefficient (Wildman–Crippen LogP) is 9.31. The Kier molecular flexibility index (Phi) is 5.85. The highest BCUT2D eigenvalue weighted by atomic mass is 32.1. The number of benzene rings is 6.